The Hall–Kier alpha value is -3.55. The third kappa shape index (κ3) is 5.17. The lowest BCUT2D eigenvalue weighted by atomic mass is 10.2. The molecule has 0 radical (unpaired) electrons. The maximum absolute atomic E-state index is 13.2. The van der Waals surface area contributed by atoms with Gasteiger partial charge < -0.3 is 15.5 Å². The van der Waals surface area contributed by atoms with Crippen molar-refractivity contribution in [3.05, 3.63) is 35.9 Å². The minimum Gasteiger partial charge on any atom is -0.348 e. The van der Waals surface area contributed by atoms with Crippen molar-refractivity contribution in [3.63, 3.8) is 0 Å². The zero-order valence-electron chi connectivity index (χ0n) is 19.9. The van der Waals surface area contributed by atoms with Crippen LogP contribution in [0.2, 0.25) is 0 Å². The number of halogens is 4. The molecule has 2 saturated heterocycles. The van der Waals surface area contributed by atoms with Gasteiger partial charge >= 0.3 is 6.18 Å². The highest BCUT2D eigenvalue weighted by Gasteiger charge is 2.39. The molecule has 3 aromatic rings. The van der Waals surface area contributed by atoms with Gasteiger partial charge in [-0.25, -0.2) is 13.9 Å². The van der Waals surface area contributed by atoms with Crippen molar-refractivity contribution in [1.82, 2.24) is 29.7 Å². The van der Waals surface area contributed by atoms with Crippen LogP contribution in [0.5, 0.6) is 0 Å². The number of nitrogens with zero attached hydrogens (tertiary/aromatic N) is 6. The Morgan fingerprint density at radius 2 is 1.86 bits per heavy atom. The molecule has 10 nitrogen and oxygen atoms in total. The molecule has 2 N–H and O–H groups in total. The number of hydrogen-bond acceptors (Lipinski definition) is 7. The largest absolute Gasteiger partial charge is 0.437 e. The first-order chi connectivity index (χ1) is 17.0. The lowest BCUT2D eigenvalue weighted by Crippen LogP contribution is -2.52. The number of aryl methyl sites for hydroxylation is 1. The number of alkyl halides is 4. The van der Waals surface area contributed by atoms with Crippen LogP contribution < -0.4 is 15.5 Å². The monoisotopic (exact) mass is 510 g/mol. The van der Waals surface area contributed by atoms with E-state index in [1.54, 1.807) is 6.20 Å². The predicted molar refractivity (Wildman–Crippen MR) is 123 cm³/mol. The number of anilines is 2. The Bertz CT molecular complexity index is 1250. The van der Waals surface area contributed by atoms with E-state index in [2.05, 4.69) is 30.7 Å². The molecule has 0 saturated carbocycles. The second-order valence-electron chi connectivity index (χ2n) is 8.81. The van der Waals surface area contributed by atoms with Gasteiger partial charge in [-0.3, -0.25) is 14.3 Å². The predicted octanol–water partition coefficient (Wildman–Crippen LogP) is 2.61. The van der Waals surface area contributed by atoms with Gasteiger partial charge in [0.15, 0.2) is 23.3 Å². The van der Waals surface area contributed by atoms with Crippen LogP contribution in [0.1, 0.15) is 42.7 Å². The van der Waals surface area contributed by atoms with Gasteiger partial charge in [0.25, 0.3) is 5.91 Å². The lowest BCUT2D eigenvalue weighted by Gasteiger charge is -2.36. The molecule has 5 heterocycles. The average molecular weight is 510 g/mol. The fourth-order valence-corrected chi connectivity index (χ4v) is 4.29. The van der Waals surface area contributed by atoms with E-state index in [0.717, 1.165) is 42.6 Å². The second kappa shape index (κ2) is 9.84. The van der Waals surface area contributed by atoms with E-state index in [4.69, 9.17) is 0 Å². The molecule has 2 aliphatic rings. The molecule has 2 aliphatic heterocycles. The van der Waals surface area contributed by atoms with E-state index in [1.807, 2.05) is 6.07 Å². The first-order valence-electron chi connectivity index (χ1n) is 11.4. The molecule has 2 bridgehead atoms. The van der Waals surface area contributed by atoms with E-state index in [9.17, 15) is 27.2 Å². The quantitative estimate of drug-likeness (QED) is 0.520. The molecule has 2 fully saturated rings. The van der Waals surface area contributed by atoms with Crippen LogP contribution in [0.3, 0.4) is 0 Å². The van der Waals surface area contributed by atoms with E-state index >= 15 is 0 Å². The number of aromatic nitrogens is 5. The molecule has 1 amide bonds. The topological polar surface area (TPSA) is 109 Å². The molecule has 194 valence electrons. The zero-order chi connectivity index (χ0) is 26.2. The maximum atomic E-state index is 13.2. The van der Waals surface area contributed by atoms with Crippen LogP contribution in [-0.2, 0) is 18.0 Å². The van der Waals surface area contributed by atoms with E-state index in [0.29, 0.717) is 17.7 Å². The van der Waals surface area contributed by atoms with Gasteiger partial charge in [-0.2, -0.15) is 23.4 Å². The summed E-state index contributed by atoms with van der Waals surface area (Å²) < 4.78 is 53.5. The zero-order valence-corrected chi connectivity index (χ0v) is 19.9. The highest BCUT2D eigenvalue weighted by atomic mass is 19.4. The smallest absolute Gasteiger partial charge is 0.348 e. The number of carbonyl (C=O) groups excluding carboxylic acids is 2. The first-order valence-corrected chi connectivity index (χ1v) is 11.4. The molecular weight excluding hydrogens is 484 g/mol. The number of hydrogen-bond donors (Lipinski definition) is 2. The van der Waals surface area contributed by atoms with E-state index < -0.39 is 35.4 Å². The summed E-state index contributed by atoms with van der Waals surface area (Å²) in [4.78, 5) is 29.4. The van der Waals surface area contributed by atoms with Crippen molar-refractivity contribution in [1.29, 1.82) is 0 Å². The molecular formula is C22H26F4N8O2. The van der Waals surface area contributed by atoms with Crippen molar-refractivity contribution in [2.24, 2.45) is 7.05 Å². The number of fused-ring (bicyclic) bond motifs is 3. The van der Waals surface area contributed by atoms with Gasteiger partial charge in [-0.05, 0) is 32.8 Å². The highest BCUT2D eigenvalue weighted by Crippen LogP contribution is 2.34. The maximum Gasteiger partial charge on any atom is 0.437 e. The minimum absolute atomic E-state index is 0.0938. The Labute approximate surface area is 203 Å². The number of nitrogens with one attached hydrogen (secondary N) is 2. The second-order valence-corrected chi connectivity index (χ2v) is 8.81. The molecule has 0 aliphatic carbocycles. The highest BCUT2D eigenvalue weighted by molar-refractivity contribution is 6.08. The number of rotatable bonds is 4. The number of carbonyl (C=O) groups is 2. The molecule has 0 spiro atoms. The summed E-state index contributed by atoms with van der Waals surface area (Å²) in [6.45, 7) is 4.20. The number of Topliss-reactive ketones (excluding diaryl/α,β-unsaturated/α-hetero) is 1. The summed E-state index contributed by atoms with van der Waals surface area (Å²) >= 11 is 0. The molecule has 14 heteroatoms. The lowest BCUT2D eigenvalue weighted by molar-refractivity contribution is -0.140. The summed E-state index contributed by atoms with van der Waals surface area (Å²) in [6.07, 6.45) is 0.293. The molecule has 0 aromatic carbocycles. The van der Waals surface area contributed by atoms with Crippen LogP contribution in [0.25, 0.3) is 5.65 Å². The summed E-state index contributed by atoms with van der Waals surface area (Å²) in [5.41, 5.74) is -1.18. The SMILES string of the molecule is CC(=O)C(C)F.Cn1cc(NC(=O)c2cnn3ccc(N4C5CCC4CNC5)nc23)c(C(F)(F)F)n1. The molecule has 3 aromatic heterocycles. The van der Waals surface area contributed by atoms with Gasteiger partial charge in [0.1, 0.15) is 11.4 Å². The van der Waals surface area contributed by atoms with E-state index in [1.165, 1.54) is 31.6 Å². The summed E-state index contributed by atoms with van der Waals surface area (Å²) in [6, 6.07) is 2.52. The summed E-state index contributed by atoms with van der Waals surface area (Å²) in [5, 5.41) is 13.2. The van der Waals surface area contributed by atoms with Gasteiger partial charge in [0.05, 0.1) is 11.9 Å². The molecule has 3 unspecified atom stereocenters. The van der Waals surface area contributed by atoms with Gasteiger partial charge in [0.2, 0.25) is 0 Å². The van der Waals surface area contributed by atoms with Crippen molar-refractivity contribution in [3.8, 4) is 0 Å². The first kappa shape index (κ1) is 25.5. The van der Waals surface area contributed by atoms with Crippen molar-refractivity contribution in [2.75, 3.05) is 23.3 Å². The number of ketones is 1. The fourth-order valence-electron chi connectivity index (χ4n) is 4.29. The Morgan fingerprint density at radius 1 is 1.22 bits per heavy atom. The standard InChI is InChI=1S/C18H19F3N8O.C4H7FO/c1-27-9-13(15(26-27)18(19,20)21)24-17(30)12-8-23-28-5-4-14(25-16(12)28)29-10-2-3-11(29)7-22-6-10;1-3(5)4(2)6/h4-5,8-11,22H,2-3,6-7H2,1H3,(H,24,30);3H,1-2H3. The minimum atomic E-state index is -4.68. The van der Waals surface area contributed by atoms with Crippen LogP contribution in [0.4, 0.5) is 29.1 Å². The van der Waals surface area contributed by atoms with Crippen LogP contribution >= 0.6 is 0 Å². The fraction of sp³-hybridized carbons (Fsp3) is 0.500. The number of amides is 1. The van der Waals surface area contributed by atoms with Crippen molar-refractivity contribution >= 4 is 28.8 Å². The van der Waals surface area contributed by atoms with Gasteiger partial charge in [-0.15, -0.1) is 0 Å². The van der Waals surface area contributed by atoms with Crippen molar-refractivity contribution < 1.29 is 27.2 Å². The van der Waals surface area contributed by atoms with Gasteiger partial charge in [-0.1, -0.05) is 0 Å². The normalized spacial score (nSPS) is 20.1. The molecule has 36 heavy (non-hydrogen) atoms. The average Bonchev–Trinajstić information content (AvgIpc) is 3.46. The third-order valence-electron chi connectivity index (χ3n) is 6.15. The Morgan fingerprint density at radius 3 is 2.44 bits per heavy atom. The van der Waals surface area contributed by atoms with Gasteiger partial charge in [0, 0.05) is 44.6 Å². The third-order valence-corrected chi connectivity index (χ3v) is 6.15. The molecule has 5 rings (SSSR count). The Balaban J connectivity index is 0.000000455. The van der Waals surface area contributed by atoms with E-state index in [-0.39, 0.29) is 5.56 Å². The van der Waals surface area contributed by atoms with Crippen LogP contribution in [0, 0.1) is 0 Å². The number of piperazine rings is 1. The van der Waals surface area contributed by atoms with Crippen molar-refractivity contribution in [2.45, 2.75) is 51.1 Å². The molecule has 3 atom stereocenters. The Kier molecular flexibility index (Phi) is 6.98. The van der Waals surface area contributed by atoms with Crippen LogP contribution in [0.15, 0.2) is 24.7 Å². The summed E-state index contributed by atoms with van der Waals surface area (Å²) in [7, 11) is 1.36. The summed E-state index contributed by atoms with van der Waals surface area (Å²) in [5.74, 6) is -0.394. The van der Waals surface area contributed by atoms with Crippen LogP contribution in [-0.4, -0.2) is 67.4 Å².